The summed E-state index contributed by atoms with van der Waals surface area (Å²) in [6.45, 7) is 12.4. The van der Waals surface area contributed by atoms with Gasteiger partial charge in [-0.3, -0.25) is 4.79 Å². The van der Waals surface area contributed by atoms with Crippen molar-refractivity contribution in [3.8, 4) is 0 Å². The first kappa shape index (κ1) is 20.2. The predicted octanol–water partition coefficient (Wildman–Crippen LogP) is 5.38. The van der Waals surface area contributed by atoms with Gasteiger partial charge in [0.2, 0.25) is 0 Å². The van der Waals surface area contributed by atoms with Crippen LogP contribution in [0.15, 0.2) is 18.2 Å². The van der Waals surface area contributed by atoms with Crippen molar-refractivity contribution in [2.45, 2.75) is 85.1 Å². The highest BCUT2D eigenvalue weighted by Gasteiger charge is 2.41. The summed E-state index contributed by atoms with van der Waals surface area (Å²) in [5, 5.41) is 0. The van der Waals surface area contributed by atoms with Crippen LogP contribution in [0.5, 0.6) is 0 Å². The van der Waals surface area contributed by atoms with E-state index in [4.69, 9.17) is 0 Å². The van der Waals surface area contributed by atoms with Gasteiger partial charge in [-0.2, -0.15) is 0 Å². The van der Waals surface area contributed by atoms with E-state index >= 15 is 0 Å². The van der Waals surface area contributed by atoms with E-state index in [1.54, 1.807) is 0 Å². The van der Waals surface area contributed by atoms with E-state index in [9.17, 15) is 4.79 Å². The molecule has 0 N–H and O–H groups in total. The second-order valence-electron chi connectivity index (χ2n) is 8.12. The van der Waals surface area contributed by atoms with Crippen LogP contribution in [0.4, 0.5) is 0 Å². The number of quaternary nitrogens is 1. The molecule has 140 valence electrons. The van der Waals surface area contributed by atoms with Gasteiger partial charge >= 0.3 is 0 Å². The molecule has 1 saturated heterocycles. The number of carbonyl (C=O) groups excluding carboxylic acids is 1. The first-order valence-corrected chi connectivity index (χ1v) is 10.5. The number of aryl methyl sites for hydroxylation is 2. The molecule has 2 nitrogen and oxygen atoms in total. The Morgan fingerprint density at radius 2 is 1.68 bits per heavy atom. The lowest BCUT2D eigenvalue weighted by Crippen LogP contribution is -2.61. The molecular formula is C23H38NO+. The summed E-state index contributed by atoms with van der Waals surface area (Å²) in [5.41, 5.74) is 3.80. The maximum Gasteiger partial charge on any atom is 0.194 e. The first-order chi connectivity index (χ1) is 12.0. The number of unbranched alkanes of at least 4 members (excludes halogenated alkanes) is 1. The lowest BCUT2D eigenvalue weighted by atomic mass is 9.90. The van der Waals surface area contributed by atoms with Crippen molar-refractivity contribution in [3.05, 3.63) is 34.9 Å². The zero-order chi connectivity index (χ0) is 18.3. The molecule has 1 aromatic rings. The number of ketones is 1. The monoisotopic (exact) mass is 344 g/mol. The molecule has 1 aliphatic rings. The van der Waals surface area contributed by atoms with Crippen LogP contribution in [0.1, 0.15) is 75.5 Å². The topological polar surface area (TPSA) is 17.1 Å². The van der Waals surface area contributed by atoms with E-state index in [1.165, 1.54) is 74.8 Å². The summed E-state index contributed by atoms with van der Waals surface area (Å²) in [6.07, 6.45) is 9.15. The van der Waals surface area contributed by atoms with Crippen molar-refractivity contribution < 1.29 is 9.28 Å². The molecule has 0 bridgehead atoms. The zero-order valence-corrected chi connectivity index (χ0v) is 16.9. The van der Waals surface area contributed by atoms with Crippen molar-refractivity contribution in [2.24, 2.45) is 0 Å². The molecule has 2 heteroatoms. The van der Waals surface area contributed by atoms with Gasteiger partial charge in [0.05, 0.1) is 19.6 Å². The Balaban J connectivity index is 2.27. The second-order valence-corrected chi connectivity index (χ2v) is 8.12. The molecular weight excluding hydrogens is 306 g/mol. The molecule has 0 amide bonds. The Morgan fingerprint density at radius 3 is 2.24 bits per heavy atom. The molecule has 1 fully saturated rings. The van der Waals surface area contributed by atoms with Crippen LogP contribution in [0.25, 0.3) is 0 Å². The molecule has 0 unspecified atom stereocenters. The van der Waals surface area contributed by atoms with Gasteiger partial charge in [-0.15, -0.1) is 0 Å². The quantitative estimate of drug-likeness (QED) is 0.549. The molecule has 0 aromatic heterocycles. The van der Waals surface area contributed by atoms with Crippen LogP contribution in [-0.2, 0) is 11.2 Å². The predicted molar refractivity (Wildman–Crippen MR) is 107 cm³/mol. The minimum Gasteiger partial charge on any atom is -0.315 e. The summed E-state index contributed by atoms with van der Waals surface area (Å²) >= 11 is 0. The van der Waals surface area contributed by atoms with Crippen LogP contribution in [0.3, 0.4) is 0 Å². The number of carbonyl (C=O) groups is 1. The number of nitrogens with zero attached hydrogens (tertiary/aromatic N) is 1. The zero-order valence-electron chi connectivity index (χ0n) is 16.9. The fraction of sp³-hybridized carbons (Fsp3) is 0.696. The Hall–Kier alpha value is -1.15. The molecule has 0 radical (unpaired) electrons. The number of benzene rings is 1. The molecule has 25 heavy (non-hydrogen) atoms. The van der Waals surface area contributed by atoms with Gasteiger partial charge in [0.1, 0.15) is 6.04 Å². The summed E-state index contributed by atoms with van der Waals surface area (Å²) in [6, 6.07) is 6.60. The highest BCUT2D eigenvalue weighted by molar-refractivity contribution is 5.85. The number of piperidine rings is 1. The minimum atomic E-state index is 0.208. The molecule has 0 aliphatic carbocycles. The molecule has 1 aromatic carbocycles. The SMILES string of the molecule is CCCC[C@H](C(=O)Cc1c(C)cccc1C)[N+]1(CCC)CCCCC1. The van der Waals surface area contributed by atoms with E-state index in [0.29, 0.717) is 12.2 Å². The molecule has 1 heterocycles. The van der Waals surface area contributed by atoms with Crippen molar-refractivity contribution in [3.63, 3.8) is 0 Å². The Bertz CT molecular complexity index is 531. The van der Waals surface area contributed by atoms with Crippen LogP contribution in [-0.4, -0.2) is 35.9 Å². The number of rotatable bonds is 9. The van der Waals surface area contributed by atoms with Crippen LogP contribution in [0.2, 0.25) is 0 Å². The van der Waals surface area contributed by atoms with Crippen LogP contribution >= 0.6 is 0 Å². The molecule has 0 spiro atoms. The van der Waals surface area contributed by atoms with E-state index in [0.717, 1.165) is 10.9 Å². The average molecular weight is 345 g/mol. The van der Waals surface area contributed by atoms with Crippen LogP contribution < -0.4 is 0 Å². The number of hydrogen-bond acceptors (Lipinski definition) is 1. The van der Waals surface area contributed by atoms with Crippen molar-refractivity contribution in [2.75, 3.05) is 19.6 Å². The van der Waals surface area contributed by atoms with Gasteiger partial charge in [-0.1, -0.05) is 38.5 Å². The maximum absolute atomic E-state index is 13.5. The van der Waals surface area contributed by atoms with Gasteiger partial charge in [0.25, 0.3) is 0 Å². The summed E-state index contributed by atoms with van der Waals surface area (Å²) in [7, 11) is 0. The largest absolute Gasteiger partial charge is 0.315 e. The van der Waals surface area contributed by atoms with E-state index < -0.39 is 0 Å². The summed E-state index contributed by atoms with van der Waals surface area (Å²) in [5.74, 6) is 0.487. The standard InChI is InChI=1S/C23H38NO/c1-5-7-14-22(24(15-6-2)16-9-8-10-17-24)23(25)18-21-19(3)12-11-13-20(21)4/h11-13,22H,5-10,14-18H2,1-4H3/q+1/t22-/m1/s1. The number of hydrogen-bond donors (Lipinski definition) is 0. The molecule has 1 aliphatic heterocycles. The highest BCUT2D eigenvalue weighted by Crippen LogP contribution is 2.29. The maximum atomic E-state index is 13.5. The lowest BCUT2D eigenvalue weighted by Gasteiger charge is -2.47. The Labute approximate surface area is 155 Å². The summed E-state index contributed by atoms with van der Waals surface area (Å²) in [4.78, 5) is 13.5. The smallest absolute Gasteiger partial charge is 0.194 e. The highest BCUT2D eigenvalue weighted by atomic mass is 16.1. The van der Waals surface area contributed by atoms with Crippen molar-refractivity contribution in [1.29, 1.82) is 0 Å². The second kappa shape index (κ2) is 9.52. The Morgan fingerprint density at radius 1 is 1.04 bits per heavy atom. The summed E-state index contributed by atoms with van der Waals surface area (Å²) < 4.78 is 1.07. The average Bonchev–Trinajstić information content (AvgIpc) is 2.59. The minimum absolute atomic E-state index is 0.208. The fourth-order valence-electron chi connectivity index (χ4n) is 4.84. The molecule has 2 rings (SSSR count). The third kappa shape index (κ3) is 4.94. The van der Waals surface area contributed by atoms with Gasteiger partial charge in [-0.05, 0) is 62.6 Å². The third-order valence-corrected chi connectivity index (χ3v) is 6.24. The third-order valence-electron chi connectivity index (χ3n) is 6.24. The number of Topliss-reactive ketones (excluding diaryl/α,β-unsaturated/α-hetero) is 1. The van der Waals surface area contributed by atoms with Gasteiger partial charge in [0, 0.05) is 12.8 Å². The Kier molecular flexibility index (Phi) is 7.68. The van der Waals surface area contributed by atoms with Crippen LogP contribution in [0, 0.1) is 13.8 Å². The number of likely N-dealkylation sites (tertiary alicyclic amines) is 1. The fourth-order valence-corrected chi connectivity index (χ4v) is 4.84. The van der Waals surface area contributed by atoms with E-state index in [-0.39, 0.29) is 6.04 Å². The van der Waals surface area contributed by atoms with Crippen molar-refractivity contribution >= 4 is 5.78 Å². The van der Waals surface area contributed by atoms with E-state index in [1.807, 2.05) is 0 Å². The van der Waals surface area contributed by atoms with Gasteiger partial charge in [-0.25, -0.2) is 0 Å². The normalized spacial score (nSPS) is 18.1. The molecule has 0 saturated carbocycles. The van der Waals surface area contributed by atoms with E-state index in [2.05, 4.69) is 45.9 Å². The molecule has 1 atom stereocenters. The van der Waals surface area contributed by atoms with Gasteiger partial charge < -0.3 is 4.48 Å². The van der Waals surface area contributed by atoms with Crippen molar-refractivity contribution in [1.82, 2.24) is 0 Å². The lowest BCUT2D eigenvalue weighted by molar-refractivity contribution is -0.947. The first-order valence-electron chi connectivity index (χ1n) is 10.5. The van der Waals surface area contributed by atoms with Gasteiger partial charge in [0.15, 0.2) is 5.78 Å².